The van der Waals surface area contributed by atoms with Crippen molar-refractivity contribution in [2.45, 2.75) is 80.4 Å². The predicted octanol–water partition coefficient (Wildman–Crippen LogP) is 8.72. The molecule has 0 bridgehead atoms. The van der Waals surface area contributed by atoms with Crippen LogP contribution in [0, 0.1) is 0 Å². The summed E-state index contributed by atoms with van der Waals surface area (Å²) in [4.78, 5) is 0. The van der Waals surface area contributed by atoms with Gasteiger partial charge in [0, 0.05) is 5.60 Å². The summed E-state index contributed by atoms with van der Waals surface area (Å²) in [7, 11) is 0. The van der Waals surface area contributed by atoms with Crippen molar-refractivity contribution >= 4 is 14.5 Å². The van der Waals surface area contributed by atoms with Gasteiger partial charge in [-0.05, 0) is 53.7 Å². The van der Waals surface area contributed by atoms with Crippen molar-refractivity contribution in [2.24, 2.45) is 0 Å². The molecular weight excluding hydrogens is 415 g/mol. The van der Waals surface area contributed by atoms with Crippen molar-refractivity contribution in [3.8, 4) is 0 Å². The Morgan fingerprint density at radius 3 is 1.55 bits per heavy atom. The van der Waals surface area contributed by atoms with E-state index in [4.69, 9.17) is 3.79 Å². The summed E-state index contributed by atoms with van der Waals surface area (Å²) >= 11 is -1.28. The molecule has 0 amide bonds. The normalized spacial score (nSPS) is 21.4. The van der Waals surface area contributed by atoms with E-state index in [0.717, 1.165) is 12.8 Å². The second-order valence-corrected chi connectivity index (χ2v) is 12.9. The lowest BCUT2D eigenvalue weighted by Crippen LogP contribution is -2.45. The Morgan fingerprint density at radius 2 is 1.09 bits per heavy atom. The van der Waals surface area contributed by atoms with Crippen LogP contribution in [0.15, 0.2) is 91.0 Å². The molecule has 3 atom stereocenters. The van der Waals surface area contributed by atoms with Gasteiger partial charge in [0.2, 0.25) is 0 Å². The molecule has 0 aromatic heterocycles. The van der Waals surface area contributed by atoms with Gasteiger partial charge in [-0.3, -0.25) is 0 Å². The van der Waals surface area contributed by atoms with Crippen molar-refractivity contribution in [2.75, 3.05) is 0 Å². The Hall–Kier alpha value is -1.85. The molecule has 0 N–H and O–H groups in total. The maximum absolute atomic E-state index is 7.29. The molecule has 0 aliphatic carbocycles. The molecule has 0 radical (unpaired) electrons. The molecule has 1 aliphatic rings. The fraction of sp³-hybridized carbons (Fsp3) is 0.419. The minimum Gasteiger partial charge on any atom is -0.496 e. The monoisotopic (exact) mass is 454 g/mol. The van der Waals surface area contributed by atoms with Gasteiger partial charge in [-0.25, -0.2) is 0 Å². The standard InChI is InChI=1S/C22H28O.C9H11.Al/c1-4-15-22(23,16-18(2)20-11-7-5-8-12-20)17-19(3)21-13-9-6-10-14-21;1-8(2)9-6-4-3-5-7-9;/h5-14,18-19H,1,4,15-17H2,2-3H3;3-8H,1H2,2H3;/q-1;;+1. The van der Waals surface area contributed by atoms with Crippen LogP contribution in [0.1, 0.15) is 80.9 Å². The van der Waals surface area contributed by atoms with Crippen LogP contribution in [0.3, 0.4) is 0 Å². The zero-order valence-corrected chi connectivity index (χ0v) is 21.8. The number of hydrogen-bond acceptors (Lipinski definition) is 1. The van der Waals surface area contributed by atoms with Crippen LogP contribution >= 0.6 is 0 Å². The van der Waals surface area contributed by atoms with Crippen molar-refractivity contribution in [1.29, 1.82) is 0 Å². The quantitative estimate of drug-likeness (QED) is 0.294. The van der Waals surface area contributed by atoms with E-state index in [9.17, 15) is 0 Å². The first-order valence-corrected chi connectivity index (χ1v) is 15.0. The Morgan fingerprint density at radius 1 is 0.667 bits per heavy atom. The van der Waals surface area contributed by atoms with E-state index in [1.165, 1.54) is 40.1 Å². The van der Waals surface area contributed by atoms with Crippen LogP contribution in [-0.2, 0) is 3.79 Å². The van der Waals surface area contributed by atoms with E-state index in [1.54, 1.807) is 0 Å². The van der Waals surface area contributed by atoms with Gasteiger partial charge in [0.25, 0.3) is 0 Å². The Bertz CT molecular complexity index is 908. The third kappa shape index (κ3) is 6.60. The van der Waals surface area contributed by atoms with Gasteiger partial charge in [-0.2, -0.15) is 0 Å². The number of hydrogen-bond donors (Lipinski definition) is 0. The molecule has 1 saturated heterocycles. The van der Waals surface area contributed by atoms with Gasteiger partial charge in [0.05, 0.1) is 0 Å². The van der Waals surface area contributed by atoms with Gasteiger partial charge in [-0.1, -0.05) is 129 Å². The fourth-order valence-electron chi connectivity index (χ4n) is 5.90. The third-order valence-corrected chi connectivity index (χ3v) is 10.8. The van der Waals surface area contributed by atoms with Crippen molar-refractivity contribution < 1.29 is 3.79 Å². The average molecular weight is 455 g/mol. The SMILES string of the molecule is CC([CH2][Al]1[CH2]CCC(CC(C)c2ccccc2)(CC(C)c2ccccc2)[O]1)c1ccccc1. The van der Waals surface area contributed by atoms with Crippen LogP contribution in [0.5, 0.6) is 0 Å². The van der Waals surface area contributed by atoms with Crippen LogP contribution < -0.4 is 0 Å². The summed E-state index contributed by atoms with van der Waals surface area (Å²) in [6.45, 7) is 7.18. The third-order valence-electron chi connectivity index (χ3n) is 7.65. The summed E-state index contributed by atoms with van der Waals surface area (Å²) in [5.41, 5.74) is 4.33. The highest BCUT2D eigenvalue weighted by Gasteiger charge is 2.42. The molecule has 1 fully saturated rings. The highest BCUT2D eigenvalue weighted by molar-refractivity contribution is 6.52. The molecule has 1 aliphatic heterocycles. The van der Waals surface area contributed by atoms with Crippen molar-refractivity contribution in [3.05, 3.63) is 108 Å². The number of rotatable bonds is 9. The molecule has 3 aromatic carbocycles. The van der Waals surface area contributed by atoms with E-state index in [2.05, 4.69) is 112 Å². The van der Waals surface area contributed by atoms with Crippen LogP contribution in [0.4, 0.5) is 0 Å². The first-order chi connectivity index (χ1) is 16.0. The Balaban J connectivity index is 1.53. The van der Waals surface area contributed by atoms with E-state index in [-0.39, 0.29) is 5.60 Å². The highest BCUT2D eigenvalue weighted by atomic mass is 27.2. The summed E-state index contributed by atoms with van der Waals surface area (Å²) in [5.74, 6) is 1.60. The lowest BCUT2D eigenvalue weighted by molar-refractivity contribution is 0.0130. The molecule has 0 saturated carbocycles. The Kier molecular flexibility index (Phi) is 8.48. The molecule has 0 spiro atoms. The minimum atomic E-state index is -1.28. The zero-order valence-electron chi connectivity index (χ0n) is 20.6. The maximum Gasteiger partial charge on any atom is 0.461 e. The molecule has 3 aromatic rings. The molecule has 4 rings (SSSR count). The molecular formula is C31H39AlO. The van der Waals surface area contributed by atoms with Crippen molar-refractivity contribution in [1.82, 2.24) is 0 Å². The molecule has 3 unspecified atom stereocenters. The molecule has 1 heterocycles. The second-order valence-electron chi connectivity index (χ2n) is 10.4. The maximum atomic E-state index is 7.29. The Labute approximate surface area is 205 Å². The minimum absolute atomic E-state index is 0.00391. The topological polar surface area (TPSA) is 9.23 Å². The summed E-state index contributed by atoms with van der Waals surface area (Å²) in [6.07, 6.45) is 4.76. The smallest absolute Gasteiger partial charge is 0.461 e. The molecule has 1 nitrogen and oxygen atoms in total. The second kappa shape index (κ2) is 11.5. The van der Waals surface area contributed by atoms with E-state index < -0.39 is 14.5 Å². The predicted molar refractivity (Wildman–Crippen MR) is 142 cm³/mol. The molecule has 172 valence electrons. The van der Waals surface area contributed by atoms with Crippen LogP contribution in [0.2, 0.25) is 10.6 Å². The summed E-state index contributed by atoms with van der Waals surface area (Å²) in [6, 6.07) is 33.1. The lowest BCUT2D eigenvalue weighted by Gasteiger charge is -2.45. The average Bonchev–Trinajstić information content (AvgIpc) is 2.85. The van der Waals surface area contributed by atoms with Gasteiger partial charge in [0.15, 0.2) is 0 Å². The first kappa shape index (κ1) is 24.3. The largest absolute Gasteiger partial charge is 0.496 e. The van der Waals surface area contributed by atoms with Gasteiger partial charge >= 0.3 is 14.5 Å². The first-order valence-electron chi connectivity index (χ1n) is 12.9. The molecule has 2 heteroatoms. The van der Waals surface area contributed by atoms with Crippen molar-refractivity contribution in [3.63, 3.8) is 0 Å². The van der Waals surface area contributed by atoms with Gasteiger partial charge in [-0.15, -0.1) is 0 Å². The van der Waals surface area contributed by atoms with E-state index in [0.29, 0.717) is 17.8 Å². The van der Waals surface area contributed by atoms with E-state index in [1.807, 2.05) is 0 Å². The zero-order chi connectivity index (χ0) is 23.1. The van der Waals surface area contributed by atoms with Gasteiger partial charge < -0.3 is 3.79 Å². The van der Waals surface area contributed by atoms with Crippen LogP contribution in [-0.4, -0.2) is 20.1 Å². The lowest BCUT2D eigenvalue weighted by atomic mass is 9.77. The molecule has 33 heavy (non-hydrogen) atoms. The van der Waals surface area contributed by atoms with E-state index >= 15 is 0 Å². The fourth-order valence-corrected chi connectivity index (χ4v) is 9.09. The van der Waals surface area contributed by atoms with Gasteiger partial charge in [0.1, 0.15) is 0 Å². The summed E-state index contributed by atoms with van der Waals surface area (Å²) < 4.78 is 7.29. The number of benzene rings is 3. The summed E-state index contributed by atoms with van der Waals surface area (Å²) in [5, 5.41) is 2.56. The van der Waals surface area contributed by atoms with Crippen LogP contribution in [0.25, 0.3) is 0 Å². The highest BCUT2D eigenvalue weighted by Crippen LogP contribution is 2.44.